The maximum atomic E-state index is 12.3. The van der Waals surface area contributed by atoms with Crippen LogP contribution in [0.1, 0.15) is 44.1 Å². The van der Waals surface area contributed by atoms with Gasteiger partial charge in [-0.05, 0) is 25.3 Å². The molecule has 0 aromatic heterocycles. The molecule has 21 heavy (non-hydrogen) atoms. The molecule has 1 aromatic carbocycles. The molecule has 4 unspecified atom stereocenters. The molecule has 1 N–H and O–H groups in total. The lowest BCUT2D eigenvalue weighted by Gasteiger charge is -2.32. The fourth-order valence-corrected chi connectivity index (χ4v) is 3.34. The monoisotopic (exact) mass is 291 g/mol. The van der Waals surface area contributed by atoms with Crippen molar-refractivity contribution in [1.82, 2.24) is 0 Å². The third-order valence-electron chi connectivity index (χ3n) is 4.33. The van der Waals surface area contributed by atoms with Crippen LogP contribution in [0.4, 0.5) is 0 Å². The van der Waals surface area contributed by atoms with Crippen LogP contribution in [0.3, 0.4) is 0 Å². The van der Waals surface area contributed by atoms with Crippen LogP contribution in [-0.2, 0) is 4.79 Å². The van der Waals surface area contributed by atoms with E-state index in [-0.39, 0.29) is 11.7 Å². The third-order valence-corrected chi connectivity index (χ3v) is 4.33. The van der Waals surface area contributed by atoms with Crippen molar-refractivity contribution in [3.63, 3.8) is 0 Å². The van der Waals surface area contributed by atoms with Gasteiger partial charge in [-0.25, -0.2) is 0 Å². The van der Waals surface area contributed by atoms with Gasteiger partial charge in [-0.3, -0.25) is 14.9 Å². The van der Waals surface area contributed by atoms with Crippen LogP contribution in [-0.4, -0.2) is 28.0 Å². The Hall–Kier alpha value is -1.75. The van der Waals surface area contributed by atoms with Crippen LogP contribution in [0.25, 0.3) is 0 Å². The molecule has 4 atom stereocenters. The lowest BCUT2D eigenvalue weighted by atomic mass is 9.72. The van der Waals surface area contributed by atoms with Crippen LogP contribution in [0, 0.1) is 16.0 Å². The van der Waals surface area contributed by atoms with Gasteiger partial charge in [0.05, 0.1) is 5.92 Å². The molecule has 1 saturated carbocycles. The minimum atomic E-state index is -1.15. The van der Waals surface area contributed by atoms with Crippen molar-refractivity contribution < 1.29 is 14.8 Å². The Kier molecular flexibility index (Phi) is 5.07. The van der Waals surface area contributed by atoms with Crippen molar-refractivity contribution in [2.24, 2.45) is 5.92 Å². The van der Waals surface area contributed by atoms with E-state index in [9.17, 15) is 20.0 Å². The molecule has 0 saturated heterocycles. The lowest BCUT2D eigenvalue weighted by molar-refractivity contribution is -0.539. The molecular formula is C16H21NO4. The highest BCUT2D eigenvalue weighted by Gasteiger charge is 2.44. The Labute approximate surface area is 124 Å². The number of aliphatic hydroxyl groups excluding tert-OH is 1. The summed E-state index contributed by atoms with van der Waals surface area (Å²) >= 11 is 0. The van der Waals surface area contributed by atoms with Crippen molar-refractivity contribution >= 4 is 5.78 Å². The minimum Gasteiger partial charge on any atom is -0.386 e. The maximum Gasteiger partial charge on any atom is 0.245 e. The summed E-state index contributed by atoms with van der Waals surface area (Å²) in [5.74, 6) is -0.845. The summed E-state index contributed by atoms with van der Waals surface area (Å²) < 4.78 is 0. The number of hydrogen-bond acceptors (Lipinski definition) is 4. The SMILES string of the molecule is CC(O)C(C(c1ccccc1)C1CCCCC1=O)[N+](=O)[O-]. The van der Waals surface area contributed by atoms with E-state index >= 15 is 0 Å². The van der Waals surface area contributed by atoms with Crippen molar-refractivity contribution in [2.45, 2.75) is 50.7 Å². The molecule has 0 bridgehead atoms. The molecule has 0 heterocycles. The molecule has 0 radical (unpaired) electrons. The van der Waals surface area contributed by atoms with Gasteiger partial charge in [-0.15, -0.1) is 0 Å². The van der Waals surface area contributed by atoms with E-state index in [1.165, 1.54) is 6.92 Å². The summed E-state index contributed by atoms with van der Waals surface area (Å²) in [7, 11) is 0. The number of hydrogen-bond donors (Lipinski definition) is 1. The molecule has 5 nitrogen and oxygen atoms in total. The highest BCUT2D eigenvalue weighted by Crippen LogP contribution is 2.38. The lowest BCUT2D eigenvalue weighted by Crippen LogP contribution is -2.43. The van der Waals surface area contributed by atoms with Gasteiger partial charge in [-0.2, -0.15) is 0 Å². The molecule has 1 aromatic rings. The van der Waals surface area contributed by atoms with E-state index in [0.717, 1.165) is 18.4 Å². The van der Waals surface area contributed by atoms with E-state index in [0.29, 0.717) is 12.8 Å². The van der Waals surface area contributed by atoms with E-state index in [1.54, 1.807) is 0 Å². The second-order valence-corrected chi connectivity index (χ2v) is 5.77. The molecule has 1 fully saturated rings. The summed E-state index contributed by atoms with van der Waals surface area (Å²) in [6, 6.07) is 7.94. The van der Waals surface area contributed by atoms with Crippen molar-refractivity contribution in [3.05, 3.63) is 46.0 Å². The van der Waals surface area contributed by atoms with Crippen LogP contribution in [0.2, 0.25) is 0 Å². The number of ketones is 1. The number of benzene rings is 1. The van der Waals surface area contributed by atoms with Gasteiger partial charge in [-0.1, -0.05) is 36.8 Å². The predicted octanol–water partition coefficient (Wildman–Crippen LogP) is 2.56. The van der Waals surface area contributed by atoms with E-state index in [2.05, 4.69) is 0 Å². The van der Waals surface area contributed by atoms with Gasteiger partial charge in [0.25, 0.3) is 0 Å². The highest BCUT2D eigenvalue weighted by molar-refractivity contribution is 5.82. The van der Waals surface area contributed by atoms with Gasteiger partial charge in [0.15, 0.2) is 0 Å². The molecule has 1 aliphatic rings. The minimum absolute atomic E-state index is 0.0857. The molecule has 0 amide bonds. The fourth-order valence-electron chi connectivity index (χ4n) is 3.34. The Morgan fingerprint density at radius 3 is 2.48 bits per heavy atom. The van der Waals surface area contributed by atoms with Gasteiger partial charge in [0, 0.05) is 17.3 Å². The first kappa shape index (κ1) is 15.6. The topological polar surface area (TPSA) is 80.4 Å². The Bertz CT molecular complexity index is 500. The van der Waals surface area contributed by atoms with Crippen LogP contribution >= 0.6 is 0 Å². The zero-order chi connectivity index (χ0) is 15.4. The molecule has 1 aliphatic carbocycles. The second kappa shape index (κ2) is 6.80. The number of carbonyl (C=O) groups excluding carboxylic acids is 1. The Balaban J connectivity index is 2.43. The molecule has 5 heteroatoms. The quantitative estimate of drug-likeness (QED) is 0.668. The number of nitrogens with zero attached hydrogens (tertiary/aromatic N) is 1. The standard InChI is InChI=1S/C16H21NO4/c1-11(18)16(17(20)21)15(12-7-3-2-4-8-12)13-9-5-6-10-14(13)19/h2-4,7-8,11,13,15-16,18H,5-6,9-10H2,1H3. The van der Waals surface area contributed by atoms with Gasteiger partial charge in [0.2, 0.25) is 6.04 Å². The smallest absolute Gasteiger partial charge is 0.245 e. The Morgan fingerprint density at radius 2 is 1.95 bits per heavy atom. The first-order chi connectivity index (χ1) is 10.0. The zero-order valence-corrected chi connectivity index (χ0v) is 12.1. The van der Waals surface area contributed by atoms with Crippen LogP contribution < -0.4 is 0 Å². The predicted molar refractivity (Wildman–Crippen MR) is 78.6 cm³/mol. The summed E-state index contributed by atoms with van der Waals surface area (Å²) in [6.45, 7) is 1.43. The second-order valence-electron chi connectivity index (χ2n) is 5.77. The van der Waals surface area contributed by atoms with E-state index in [4.69, 9.17) is 0 Å². The average Bonchev–Trinajstić information content (AvgIpc) is 2.45. The summed E-state index contributed by atoms with van der Waals surface area (Å²) in [6.07, 6.45) is 1.81. The van der Waals surface area contributed by atoms with Crippen molar-refractivity contribution in [3.8, 4) is 0 Å². The fraction of sp³-hybridized carbons (Fsp3) is 0.562. The summed E-state index contributed by atoms with van der Waals surface area (Å²) in [5.41, 5.74) is 0.764. The number of rotatable bonds is 5. The first-order valence-electron chi connectivity index (χ1n) is 7.41. The van der Waals surface area contributed by atoms with Crippen LogP contribution in [0.5, 0.6) is 0 Å². The first-order valence-corrected chi connectivity index (χ1v) is 7.41. The summed E-state index contributed by atoms with van der Waals surface area (Å²) in [4.78, 5) is 23.3. The molecule has 2 rings (SSSR count). The molecule has 0 spiro atoms. The van der Waals surface area contributed by atoms with Gasteiger partial charge >= 0.3 is 0 Å². The molecule has 0 aliphatic heterocycles. The average molecular weight is 291 g/mol. The highest BCUT2D eigenvalue weighted by atomic mass is 16.6. The van der Waals surface area contributed by atoms with E-state index < -0.39 is 23.0 Å². The largest absolute Gasteiger partial charge is 0.386 e. The van der Waals surface area contributed by atoms with E-state index in [1.807, 2.05) is 30.3 Å². The van der Waals surface area contributed by atoms with Crippen LogP contribution in [0.15, 0.2) is 30.3 Å². The van der Waals surface area contributed by atoms with Gasteiger partial charge < -0.3 is 5.11 Å². The third kappa shape index (κ3) is 3.47. The number of aliphatic hydroxyl groups is 1. The van der Waals surface area contributed by atoms with Crippen molar-refractivity contribution in [1.29, 1.82) is 0 Å². The Morgan fingerprint density at radius 1 is 1.29 bits per heavy atom. The zero-order valence-electron chi connectivity index (χ0n) is 12.1. The maximum absolute atomic E-state index is 12.3. The number of carbonyl (C=O) groups is 1. The normalized spacial score (nSPS) is 23.3. The molecule has 114 valence electrons. The van der Waals surface area contributed by atoms with Gasteiger partial charge in [0.1, 0.15) is 11.9 Å². The molecular weight excluding hydrogens is 270 g/mol. The van der Waals surface area contributed by atoms with Crippen molar-refractivity contribution in [2.75, 3.05) is 0 Å². The number of nitro groups is 1. The number of Topliss-reactive ketones (excluding diaryl/α,β-unsaturated/α-hetero) is 1. The summed E-state index contributed by atoms with van der Waals surface area (Å²) in [5, 5.41) is 21.3.